The van der Waals surface area contributed by atoms with Crippen molar-refractivity contribution in [3.8, 4) is 22.3 Å². The molecule has 8 rings (SSSR count). The first-order valence-corrected chi connectivity index (χ1v) is 14.9. The Morgan fingerprint density at radius 3 is 1.50 bits per heavy atom. The highest BCUT2D eigenvalue weighted by atomic mass is 32.1. The fourth-order valence-electron chi connectivity index (χ4n) is 5.72. The second-order valence-corrected chi connectivity index (χ2v) is 11.6. The second-order valence-electron chi connectivity index (χ2n) is 10.5. The molecular weight excluding hydrogens is 529 g/mol. The zero-order valence-electron chi connectivity index (χ0n) is 22.8. The van der Waals surface area contributed by atoms with Crippen LogP contribution in [0.25, 0.3) is 53.3 Å². The molecule has 8 aromatic rings. The maximum atomic E-state index is 5.32. The summed E-state index contributed by atoms with van der Waals surface area (Å²) in [5.74, 6) is 0.898. The predicted octanol–water partition coefficient (Wildman–Crippen LogP) is 11.4. The van der Waals surface area contributed by atoms with Crippen LogP contribution in [0.3, 0.4) is 0 Å². The highest BCUT2D eigenvalue weighted by molar-refractivity contribution is 7.25. The van der Waals surface area contributed by atoms with E-state index in [0.717, 1.165) is 22.7 Å². The van der Waals surface area contributed by atoms with E-state index in [1.54, 1.807) is 11.3 Å². The number of rotatable bonds is 5. The highest BCUT2D eigenvalue weighted by Crippen LogP contribution is 2.40. The molecule has 0 amide bonds. The number of benzene rings is 6. The molecular formula is C39H26N2S. The van der Waals surface area contributed by atoms with Crippen molar-refractivity contribution >= 4 is 59.6 Å². The number of nitrogens with zero attached hydrogens (tertiary/aromatic N) is 2. The third-order valence-corrected chi connectivity index (χ3v) is 8.97. The Labute approximate surface area is 248 Å². The minimum atomic E-state index is 0.898. The second kappa shape index (κ2) is 10.3. The van der Waals surface area contributed by atoms with Crippen molar-refractivity contribution in [1.82, 2.24) is 4.98 Å². The van der Waals surface area contributed by atoms with Crippen LogP contribution in [0, 0.1) is 0 Å². The fraction of sp³-hybridized carbons (Fsp3) is 0. The molecule has 0 aliphatic carbocycles. The van der Waals surface area contributed by atoms with Gasteiger partial charge in [0.15, 0.2) is 0 Å². The van der Waals surface area contributed by atoms with Gasteiger partial charge in [0.2, 0.25) is 0 Å². The van der Waals surface area contributed by atoms with Gasteiger partial charge in [0.1, 0.15) is 5.82 Å². The number of thiophene rings is 1. The van der Waals surface area contributed by atoms with E-state index >= 15 is 0 Å². The van der Waals surface area contributed by atoms with Crippen LogP contribution in [0.4, 0.5) is 17.2 Å². The lowest BCUT2D eigenvalue weighted by Gasteiger charge is -2.25. The monoisotopic (exact) mass is 554 g/mol. The van der Waals surface area contributed by atoms with Crippen molar-refractivity contribution in [2.24, 2.45) is 0 Å². The molecule has 0 unspecified atom stereocenters. The Kier molecular flexibility index (Phi) is 6.02. The molecule has 6 aromatic carbocycles. The molecule has 42 heavy (non-hydrogen) atoms. The molecule has 2 aromatic heterocycles. The van der Waals surface area contributed by atoms with Crippen molar-refractivity contribution in [2.45, 2.75) is 0 Å². The van der Waals surface area contributed by atoms with E-state index in [-0.39, 0.29) is 0 Å². The maximum absolute atomic E-state index is 5.32. The molecule has 0 aliphatic rings. The number of hydrogen-bond donors (Lipinski definition) is 0. The third kappa shape index (κ3) is 4.41. The molecule has 0 saturated heterocycles. The first kappa shape index (κ1) is 24.5. The summed E-state index contributed by atoms with van der Waals surface area (Å²) in [6.45, 7) is 0. The molecule has 0 saturated carbocycles. The van der Waals surface area contributed by atoms with E-state index < -0.39 is 0 Å². The summed E-state index contributed by atoms with van der Waals surface area (Å²) in [4.78, 5) is 7.58. The molecule has 0 aliphatic heterocycles. The minimum absolute atomic E-state index is 0.898. The van der Waals surface area contributed by atoms with Gasteiger partial charge in [-0.2, -0.15) is 0 Å². The van der Waals surface area contributed by atoms with E-state index in [9.17, 15) is 0 Å². The molecule has 3 heteroatoms. The van der Waals surface area contributed by atoms with Crippen molar-refractivity contribution in [1.29, 1.82) is 0 Å². The summed E-state index contributed by atoms with van der Waals surface area (Å²) in [5.41, 5.74) is 7.98. The van der Waals surface area contributed by atoms with Crippen LogP contribution in [0.2, 0.25) is 0 Å². The molecule has 198 valence electrons. The van der Waals surface area contributed by atoms with Crippen molar-refractivity contribution < 1.29 is 0 Å². The fourth-order valence-corrected chi connectivity index (χ4v) is 6.80. The van der Waals surface area contributed by atoms with Gasteiger partial charge in [0.05, 0.1) is 10.2 Å². The van der Waals surface area contributed by atoms with Gasteiger partial charge in [-0.05, 0) is 81.6 Å². The van der Waals surface area contributed by atoms with Crippen LogP contribution in [0.1, 0.15) is 0 Å². The zero-order chi connectivity index (χ0) is 27.9. The Bertz CT molecular complexity index is 2080. The summed E-state index contributed by atoms with van der Waals surface area (Å²) in [6, 6.07) is 56.1. The van der Waals surface area contributed by atoms with Gasteiger partial charge in [0, 0.05) is 21.5 Å². The standard InChI is InChI=1S/C39H26N2S/c1-3-9-27(10-4-1)29-15-19-33(20-16-29)41(34-21-17-30(18-22-34)28-11-5-2-6-12-28)38-24-23-36-39(40-38)35-25-31-13-7-8-14-32(31)26-37(35)42-36/h1-26H. The van der Waals surface area contributed by atoms with Crippen molar-refractivity contribution in [2.75, 3.05) is 4.90 Å². The summed E-state index contributed by atoms with van der Waals surface area (Å²) in [6.07, 6.45) is 0. The molecule has 0 bridgehead atoms. The van der Waals surface area contributed by atoms with E-state index in [4.69, 9.17) is 4.98 Å². The van der Waals surface area contributed by atoms with Gasteiger partial charge >= 0.3 is 0 Å². The average molecular weight is 555 g/mol. The lowest BCUT2D eigenvalue weighted by Crippen LogP contribution is -2.11. The van der Waals surface area contributed by atoms with Gasteiger partial charge < -0.3 is 0 Å². The van der Waals surface area contributed by atoms with Crippen LogP contribution in [-0.4, -0.2) is 4.98 Å². The van der Waals surface area contributed by atoms with Crippen LogP contribution >= 0.6 is 11.3 Å². The average Bonchev–Trinajstić information content (AvgIpc) is 3.42. The Hall–Kier alpha value is -5.25. The van der Waals surface area contributed by atoms with Crippen LogP contribution in [-0.2, 0) is 0 Å². The van der Waals surface area contributed by atoms with E-state index in [2.05, 4.69) is 163 Å². The van der Waals surface area contributed by atoms with Crippen molar-refractivity contribution in [3.05, 3.63) is 158 Å². The van der Waals surface area contributed by atoms with Gasteiger partial charge in [-0.25, -0.2) is 4.98 Å². The zero-order valence-corrected chi connectivity index (χ0v) is 23.6. The normalized spacial score (nSPS) is 11.3. The Balaban J connectivity index is 1.27. The van der Waals surface area contributed by atoms with Gasteiger partial charge in [-0.3, -0.25) is 4.90 Å². The molecule has 0 N–H and O–H groups in total. The molecule has 0 spiro atoms. The van der Waals surface area contributed by atoms with Gasteiger partial charge in [-0.1, -0.05) is 109 Å². The first-order chi connectivity index (χ1) is 20.8. The molecule has 2 nitrogen and oxygen atoms in total. The number of fused-ring (bicyclic) bond motifs is 4. The lowest BCUT2D eigenvalue weighted by molar-refractivity contribution is 1.21. The molecule has 2 heterocycles. The number of anilines is 3. The molecule has 0 atom stereocenters. The third-order valence-electron chi connectivity index (χ3n) is 7.86. The molecule has 0 fully saturated rings. The quantitative estimate of drug-likeness (QED) is 0.210. The minimum Gasteiger partial charge on any atom is -0.295 e. The van der Waals surface area contributed by atoms with Crippen LogP contribution < -0.4 is 4.90 Å². The number of pyridine rings is 1. The summed E-state index contributed by atoms with van der Waals surface area (Å²) in [7, 11) is 0. The Morgan fingerprint density at radius 2 is 0.929 bits per heavy atom. The highest BCUT2D eigenvalue weighted by Gasteiger charge is 2.17. The maximum Gasteiger partial charge on any atom is 0.138 e. The summed E-state index contributed by atoms with van der Waals surface area (Å²) in [5, 5.41) is 3.70. The van der Waals surface area contributed by atoms with Crippen LogP contribution in [0.15, 0.2) is 158 Å². The summed E-state index contributed by atoms with van der Waals surface area (Å²) < 4.78 is 2.46. The smallest absolute Gasteiger partial charge is 0.138 e. The van der Waals surface area contributed by atoms with Crippen molar-refractivity contribution in [3.63, 3.8) is 0 Å². The largest absolute Gasteiger partial charge is 0.295 e. The van der Waals surface area contributed by atoms with Gasteiger partial charge in [-0.15, -0.1) is 11.3 Å². The number of aromatic nitrogens is 1. The topological polar surface area (TPSA) is 16.1 Å². The Morgan fingerprint density at radius 1 is 0.429 bits per heavy atom. The SMILES string of the molecule is c1ccc(-c2ccc(N(c3ccc(-c4ccccc4)cc3)c3ccc4sc5cc6ccccc6cc5c4n3)cc2)cc1. The molecule has 0 radical (unpaired) electrons. The predicted molar refractivity (Wildman–Crippen MR) is 180 cm³/mol. The van der Waals surface area contributed by atoms with E-state index in [1.807, 2.05) is 0 Å². The van der Waals surface area contributed by atoms with E-state index in [1.165, 1.54) is 47.8 Å². The first-order valence-electron chi connectivity index (χ1n) is 14.1. The van der Waals surface area contributed by atoms with Crippen LogP contribution in [0.5, 0.6) is 0 Å². The lowest BCUT2D eigenvalue weighted by atomic mass is 10.0. The van der Waals surface area contributed by atoms with E-state index in [0.29, 0.717) is 0 Å². The number of hydrogen-bond acceptors (Lipinski definition) is 3. The van der Waals surface area contributed by atoms with Gasteiger partial charge in [0.25, 0.3) is 0 Å². The summed E-state index contributed by atoms with van der Waals surface area (Å²) >= 11 is 1.81.